The van der Waals surface area contributed by atoms with Crippen LogP contribution in [-0.2, 0) is 19.4 Å². The van der Waals surface area contributed by atoms with Gasteiger partial charge in [0.2, 0.25) is 0 Å². The maximum Gasteiger partial charge on any atom is 0.168 e. The van der Waals surface area contributed by atoms with Crippen LogP contribution in [0.25, 0.3) is 16.8 Å². The molecular formula is C24H26N4. The smallest absolute Gasteiger partial charge is 0.168 e. The molecule has 0 spiro atoms. The van der Waals surface area contributed by atoms with Crippen molar-refractivity contribution in [3.63, 3.8) is 0 Å². The molecule has 0 aliphatic carbocycles. The number of nitrogens with zero attached hydrogens (tertiary/aromatic N) is 4. The van der Waals surface area contributed by atoms with Gasteiger partial charge >= 0.3 is 0 Å². The van der Waals surface area contributed by atoms with E-state index in [1.165, 1.54) is 27.9 Å². The van der Waals surface area contributed by atoms with Crippen LogP contribution in [0.15, 0.2) is 67.0 Å². The molecule has 0 unspecified atom stereocenters. The Morgan fingerprint density at radius 1 is 0.821 bits per heavy atom. The number of aryl methyl sites for hydroxylation is 3. The molecule has 2 aromatic carbocycles. The standard InChI is InChI=1S/C24H26N4/c1-18-4-6-19(7-5-18)10-13-22-14-15-23(24-26-25-17-28(22)24)21-11-8-20(9-12-21)16-27(2)3/h4-9,11-12,14-15,17H,10,13,16H2,1-3H3. The van der Waals surface area contributed by atoms with Gasteiger partial charge in [0, 0.05) is 17.8 Å². The van der Waals surface area contributed by atoms with Crippen LogP contribution >= 0.6 is 0 Å². The molecule has 0 fully saturated rings. The summed E-state index contributed by atoms with van der Waals surface area (Å²) in [6.07, 6.45) is 3.79. The van der Waals surface area contributed by atoms with Crippen LogP contribution < -0.4 is 0 Å². The molecule has 4 rings (SSSR count). The van der Waals surface area contributed by atoms with Gasteiger partial charge in [0.05, 0.1) is 0 Å². The first-order valence-electron chi connectivity index (χ1n) is 9.71. The molecule has 4 aromatic rings. The number of pyridine rings is 1. The Morgan fingerprint density at radius 3 is 2.25 bits per heavy atom. The summed E-state index contributed by atoms with van der Waals surface area (Å²) in [6.45, 7) is 3.06. The van der Waals surface area contributed by atoms with E-state index in [0.29, 0.717) is 0 Å². The van der Waals surface area contributed by atoms with E-state index in [4.69, 9.17) is 0 Å². The van der Waals surface area contributed by atoms with E-state index < -0.39 is 0 Å². The molecule has 0 radical (unpaired) electrons. The summed E-state index contributed by atoms with van der Waals surface area (Å²) in [5.41, 5.74) is 8.40. The Kier molecular flexibility index (Phi) is 5.22. The second-order valence-electron chi connectivity index (χ2n) is 7.68. The van der Waals surface area contributed by atoms with Gasteiger partial charge in [-0.25, -0.2) is 0 Å². The van der Waals surface area contributed by atoms with Gasteiger partial charge in [-0.2, -0.15) is 0 Å². The van der Waals surface area contributed by atoms with Crippen LogP contribution in [-0.4, -0.2) is 33.6 Å². The fraction of sp³-hybridized carbons (Fsp3) is 0.250. The zero-order valence-electron chi connectivity index (χ0n) is 16.8. The van der Waals surface area contributed by atoms with E-state index in [-0.39, 0.29) is 0 Å². The highest BCUT2D eigenvalue weighted by molar-refractivity contribution is 5.77. The third-order valence-corrected chi connectivity index (χ3v) is 5.09. The second kappa shape index (κ2) is 7.95. The third kappa shape index (κ3) is 3.97. The second-order valence-corrected chi connectivity index (χ2v) is 7.68. The number of fused-ring (bicyclic) bond motifs is 1. The van der Waals surface area contributed by atoms with Gasteiger partial charge in [-0.05, 0) is 62.7 Å². The Balaban J connectivity index is 1.59. The minimum absolute atomic E-state index is 0.918. The minimum atomic E-state index is 0.918. The molecule has 0 bridgehead atoms. The third-order valence-electron chi connectivity index (χ3n) is 5.09. The van der Waals surface area contributed by atoms with Crippen molar-refractivity contribution in [2.45, 2.75) is 26.3 Å². The van der Waals surface area contributed by atoms with Gasteiger partial charge in [0.25, 0.3) is 0 Å². The summed E-state index contributed by atoms with van der Waals surface area (Å²) in [6, 6.07) is 21.9. The molecule has 0 saturated heterocycles. The van der Waals surface area contributed by atoms with Gasteiger partial charge in [-0.1, -0.05) is 54.1 Å². The first-order chi connectivity index (χ1) is 13.6. The summed E-state index contributed by atoms with van der Waals surface area (Å²) in [7, 11) is 4.17. The molecule has 0 atom stereocenters. The van der Waals surface area contributed by atoms with Crippen molar-refractivity contribution in [2.75, 3.05) is 14.1 Å². The van der Waals surface area contributed by atoms with Gasteiger partial charge in [-0.15, -0.1) is 10.2 Å². The normalized spacial score (nSPS) is 11.4. The molecule has 28 heavy (non-hydrogen) atoms. The van der Waals surface area contributed by atoms with Gasteiger partial charge < -0.3 is 4.90 Å². The largest absolute Gasteiger partial charge is 0.305 e. The summed E-state index contributed by atoms with van der Waals surface area (Å²) < 4.78 is 2.12. The quantitative estimate of drug-likeness (QED) is 0.499. The Labute approximate surface area is 166 Å². The fourth-order valence-electron chi connectivity index (χ4n) is 3.57. The molecular weight excluding hydrogens is 344 g/mol. The van der Waals surface area contributed by atoms with E-state index >= 15 is 0 Å². The highest BCUT2D eigenvalue weighted by atomic mass is 15.2. The van der Waals surface area contributed by atoms with Crippen LogP contribution in [0.4, 0.5) is 0 Å². The summed E-state index contributed by atoms with van der Waals surface area (Å²) >= 11 is 0. The Morgan fingerprint density at radius 2 is 1.54 bits per heavy atom. The van der Waals surface area contributed by atoms with Crippen LogP contribution in [0.3, 0.4) is 0 Å². The van der Waals surface area contributed by atoms with E-state index in [2.05, 4.69) is 101 Å². The van der Waals surface area contributed by atoms with Crippen LogP contribution in [0.5, 0.6) is 0 Å². The summed E-state index contributed by atoms with van der Waals surface area (Å²) in [5.74, 6) is 0. The highest BCUT2D eigenvalue weighted by Gasteiger charge is 2.10. The maximum absolute atomic E-state index is 4.40. The first-order valence-corrected chi connectivity index (χ1v) is 9.71. The molecule has 0 aliphatic rings. The monoisotopic (exact) mass is 370 g/mol. The Hall–Kier alpha value is -2.98. The lowest BCUT2D eigenvalue weighted by Gasteiger charge is -2.12. The first kappa shape index (κ1) is 18.4. The van der Waals surface area contributed by atoms with Crippen LogP contribution in [0, 0.1) is 6.92 Å². The average molecular weight is 371 g/mol. The molecule has 2 heterocycles. The lowest BCUT2D eigenvalue weighted by molar-refractivity contribution is 0.402. The zero-order valence-corrected chi connectivity index (χ0v) is 16.8. The summed E-state index contributed by atoms with van der Waals surface area (Å²) in [4.78, 5) is 2.18. The SMILES string of the molecule is Cc1ccc(CCc2ccc(-c3ccc(CN(C)C)cc3)c3nncn23)cc1. The van der Waals surface area contributed by atoms with Crippen molar-refractivity contribution in [1.29, 1.82) is 0 Å². The van der Waals surface area contributed by atoms with Gasteiger partial charge in [0.15, 0.2) is 5.65 Å². The van der Waals surface area contributed by atoms with Crippen LogP contribution in [0.1, 0.15) is 22.4 Å². The Bertz CT molecular complexity index is 1060. The van der Waals surface area contributed by atoms with Crippen LogP contribution in [0.2, 0.25) is 0 Å². The number of hydrogen-bond donors (Lipinski definition) is 0. The molecule has 0 N–H and O–H groups in total. The van der Waals surface area contributed by atoms with Crippen molar-refractivity contribution in [3.05, 3.63) is 89.4 Å². The lowest BCUT2D eigenvalue weighted by atomic mass is 10.0. The molecule has 142 valence electrons. The van der Waals surface area contributed by atoms with Gasteiger partial charge in [0.1, 0.15) is 6.33 Å². The lowest BCUT2D eigenvalue weighted by Crippen LogP contribution is -2.10. The van der Waals surface area contributed by atoms with E-state index in [9.17, 15) is 0 Å². The average Bonchev–Trinajstić information content (AvgIpc) is 3.18. The van der Waals surface area contributed by atoms with Crippen molar-refractivity contribution in [3.8, 4) is 11.1 Å². The molecule has 0 amide bonds. The van der Waals surface area contributed by atoms with E-state index in [1.54, 1.807) is 0 Å². The van der Waals surface area contributed by atoms with Crippen molar-refractivity contribution >= 4 is 5.65 Å². The molecule has 0 aliphatic heterocycles. The molecule has 0 saturated carbocycles. The number of rotatable bonds is 6. The number of benzene rings is 2. The summed E-state index contributed by atoms with van der Waals surface area (Å²) in [5, 5.41) is 8.58. The minimum Gasteiger partial charge on any atom is -0.305 e. The van der Waals surface area contributed by atoms with Crippen molar-refractivity contribution < 1.29 is 0 Å². The highest BCUT2D eigenvalue weighted by Crippen LogP contribution is 2.25. The van der Waals surface area contributed by atoms with Crippen molar-refractivity contribution in [2.24, 2.45) is 0 Å². The number of aromatic nitrogens is 3. The molecule has 4 heteroatoms. The predicted octanol–water partition coefficient (Wildman–Crippen LogP) is 4.55. The zero-order chi connectivity index (χ0) is 19.5. The van der Waals surface area contributed by atoms with E-state index in [1.807, 2.05) is 6.33 Å². The van der Waals surface area contributed by atoms with E-state index in [0.717, 1.165) is 30.6 Å². The van der Waals surface area contributed by atoms with Gasteiger partial charge in [-0.3, -0.25) is 4.40 Å². The van der Waals surface area contributed by atoms with Crippen molar-refractivity contribution in [1.82, 2.24) is 19.5 Å². The predicted molar refractivity (Wildman–Crippen MR) is 114 cm³/mol. The maximum atomic E-state index is 4.40. The number of hydrogen-bond acceptors (Lipinski definition) is 3. The topological polar surface area (TPSA) is 33.4 Å². The fourth-order valence-corrected chi connectivity index (χ4v) is 3.57. The molecule has 4 nitrogen and oxygen atoms in total. The molecule has 2 aromatic heterocycles.